The minimum Gasteiger partial charge on any atom is -0.493 e. The average molecular weight is 655 g/mol. The second-order valence-corrected chi connectivity index (χ2v) is 13.3. The van der Waals surface area contributed by atoms with Gasteiger partial charge in [-0.05, 0) is 111 Å². The van der Waals surface area contributed by atoms with Gasteiger partial charge < -0.3 is 24.9 Å². The van der Waals surface area contributed by atoms with Gasteiger partial charge in [0.1, 0.15) is 17.8 Å². The summed E-state index contributed by atoms with van der Waals surface area (Å²) >= 11 is 0. The van der Waals surface area contributed by atoms with E-state index in [1.54, 1.807) is 12.3 Å². The third-order valence-corrected chi connectivity index (χ3v) is 9.47. The van der Waals surface area contributed by atoms with Crippen LogP contribution < -0.4 is 15.4 Å². The first kappa shape index (κ1) is 33.8. The molecule has 9 heteroatoms. The fraction of sp³-hybridized carbons (Fsp3) is 0.436. The molecule has 0 spiro atoms. The summed E-state index contributed by atoms with van der Waals surface area (Å²) in [5.41, 5.74) is 5.06. The SMILES string of the molecule is CCCN1CCCCOc2cc(F)cc(c2)C[C@@H]([C@H](O)CNC2(c3cccc(CC)c3)CC2)NC(=O)c2cc(cc(-c3ncco3)c2)C1. The van der Waals surface area contributed by atoms with Gasteiger partial charge in [-0.15, -0.1) is 0 Å². The second-order valence-electron chi connectivity index (χ2n) is 13.3. The van der Waals surface area contributed by atoms with Crippen molar-refractivity contribution in [3.8, 4) is 17.2 Å². The molecule has 8 nitrogen and oxygen atoms in total. The van der Waals surface area contributed by atoms with E-state index in [1.165, 1.54) is 29.5 Å². The van der Waals surface area contributed by atoms with E-state index in [0.717, 1.165) is 57.2 Å². The number of hydrogen-bond donors (Lipinski definition) is 3. The number of nitrogens with zero attached hydrogens (tertiary/aromatic N) is 2. The van der Waals surface area contributed by atoms with Crippen molar-refractivity contribution < 1.29 is 23.4 Å². The van der Waals surface area contributed by atoms with Crippen LogP contribution in [0.1, 0.15) is 78.6 Å². The Hall–Kier alpha value is -4.05. The van der Waals surface area contributed by atoms with Crippen LogP contribution in [0, 0.1) is 5.82 Å². The molecule has 1 aliphatic heterocycles. The number of halogens is 1. The maximum atomic E-state index is 14.9. The number of fused-ring (bicyclic) bond motifs is 4. The quantitative estimate of drug-likeness (QED) is 0.192. The highest BCUT2D eigenvalue weighted by molar-refractivity contribution is 5.95. The van der Waals surface area contributed by atoms with E-state index in [0.29, 0.717) is 41.5 Å². The van der Waals surface area contributed by atoms with Crippen molar-refractivity contribution in [3.05, 3.63) is 107 Å². The molecule has 254 valence electrons. The van der Waals surface area contributed by atoms with Gasteiger partial charge in [0.15, 0.2) is 0 Å². The molecule has 2 heterocycles. The van der Waals surface area contributed by atoms with Crippen LogP contribution >= 0.6 is 0 Å². The molecule has 1 aliphatic carbocycles. The Bertz CT molecular complexity index is 1670. The zero-order valence-corrected chi connectivity index (χ0v) is 28.0. The molecule has 0 unspecified atom stereocenters. The summed E-state index contributed by atoms with van der Waals surface area (Å²) in [4.78, 5) is 20.8. The van der Waals surface area contributed by atoms with Gasteiger partial charge in [0, 0.05) is 35.8 Å². The van der Waals surface area contributed by atoms with Crippen molar-refractivity contribution in [1.82, 2.24) is 20.5 Å². The van der Waals surface area contributed by atoms with Gasteiger partial charge in [-0.1, -0.05) is 38.1 Å². The smallest absolute Gasteiger partial charge is 0.251 e. The van der Waals surface area contributed by atoms with Gasteiger partial charge in [0.25, 0.3) is 5.91 Å². The minimum atomic E-state index is -0.954. The second kappa shape index (κ2) is 15.4. The topological polar surface area (TPSA) is 99.9 Å². The van der Waals surface area contributed by atoms with E-state index in [1.807, 2.05) is 18.2 Å². The standard InChI is InChI=1S/C39H47FN4O4/c1-3-13-44-14-5-6-15-47-34-21-28(20-33(40)24-34)22-35(36(45)25-42-39(10-11-39)32-9-7-8-27(4-2)19-32)43-37(46)30-17-29(26-44)18-31(23-30)38-41-12-16-48-38/h7-9,12,16-21,23-24,35-36,42,45H,3-6,10-11,13-15,22,25-26H2,1-2H3,(H,43,46)/t35-,36+/m0/s1. The molecule has 6 rings (SSSR count). The third kappa shape index (κ3) is 8.50. The lowest BCUT2D eigenvalue weighted by molar-refractivity contribution is 0.0822. The highest BCUT2D eigenvalue weighted by atomic mass is 19.1. The molecule has 1 amide bonds. The molecule has 3 N–H and O–H groups in total. The molecular weight excluding hydrogens is 607 g/mol. The van der Waals surface area contributed by atoms with Crippen LogP contribution in [-0.2, 0) is 24.9 Å². The first-order chi connectivity index (χ1) is 23.3. The maximum Gasteiger partial charge on any atom is 0.251 e. The van der Waals surface area contributed by atoms with Gasteiger partial charge >= 0.3 is 0 Å². The lowest BCUT2D eigenvalue weighted by Crippen LogP contribution is -2.50. The van der Waals surface area contributed by atoms with Gasteiger partial charge in [-0.3, -0.25) is 9.69 Å². The summed E-state index contributed by atoms with van der Waals surface area (Å²) in [5, 5.41) is 18.4. The molecule has 4 aromatic rings. The molecule has 1 aromatic heterocycles. The molecule has 0 saturated heterocycles. The zero-order chi connectivity index (χ0) is 33.5. The number of nitrogens with one attached hydrogen (secondary N) is 2. The van der Waals surface area contributed by atoms with Crippen LogP contribution in [0.4, 0.5) is 4.39 Å². The zero-order valence-electron chi connectivity index (χ0n) is 28.0. The van der Waals surface area contributed by atoms with Crippen LogP contribution in [0.15, 0.2) is 77.5 Å². The van der Waals surface area contributed by atoms with E-state index >= 15 is 0 Å². The van der Waals surface area contributed by atoms with Crippen molar-refractivity contribution in [2.45, 2.75) is 83.0 Å². The Labute approximate surface area is 282 Å². The van der Waals surface area contributed by atoms with Crippen molar-refractivity contribution >= 4 is 5.91 Å². The Morgan fingerprint density at radius 3 is 2.71 bits per heavy atom. The summed E-state index contributed by atoms with van der Waals surface area (Å²) in [6.07, 6.45) is 8.01. The summed E-state index contributed by atoms with van der Waals surface area (Å²) < 4.78 is 26.5. The predicted octanol–water partition coefficient (Wildman–Crippen LogP) is 6.41. The Morgan fingerprint density at radius 1 is 1.08 bits per heavy atom. The summed E-state index contributed by atoms with van der Waals surface area (Å²) in [6.45, 7) is 7.46. The fourth-order valence-corrected chi connectivity index (χ4v) is 6.71. The monoisotopic (exact) mass is 654 g/mol. The molecule has 48 heavy (non-hydrogen) atoms. The summed E-state index contributed by atoms with van der Waals surface area (Å²) in [6, 6.07) is 18.2. The van der Waals surface area contributed by atoms with E-state index in [2.05, 4.69) is 58.6 Å². The number of carbonyl (C=O) groups excluding carboxylic acids is 1. The number of benzene rings is 3. The first-order valence-corrected chi connectivity index (χ1v) is 17.4. The number of aromatic nitrogens is 1. The van der Waals surface area contributed by atoms with Gasteiger partial charge in [0.05, 0.1) is 24.9 Å². The van der Waals surface area contributed by atoms with Gasteiger partial charge in [0.2, 0.25) is 5.89 Å². The lowest BCUT2D eigenvalue weighted by atomic mass is 9.97. The van der Waals surface area contributed by atoms with Crippen molar-refractivity contribution in [2.75, 3.05) is 26.2 Å². The van der Waals surface area contributed by atoms with Gasteiger partial charge in [-0.25, -0.2) is 9.37 Å². The van der Waals surface area contributed by atoms with E-state index in [4.69, 9.17) is 9.15 Å². The number of aliphatic hydroxyl groups excluding tert-OH is 1. The lowest BCUT2D eigenvalue weighted by Gasteiger charge is -2.28. The van der Waals surface area contributed by atoms with Crippen molar-refractivity contribution in [2.24, 2.45) is 0 Å². The van der Waals surface area contributed by atoms with Crippen LogP contribution in [-0.4, -0.2) is 59.3 Å². The van der Waals surface area contributed by atoms with E-state index in [-0.39, 0.29) is 24.4 Å². The van der Waals surface area contributed by atoms with E-state index < -0.39 is 18.0 Å². The predicted molar refractivity (Wildman–Crippen MR) is 184 cm³/mol. The van der Waals surface area contributed by atoms with Crippen molar-refractivity contribution in [3.63, 3.8) is 0 Å². The average Bonchev–Trinajstić information content (AvgIpc) is 3.68. The molecule has 0 radical (unpaired) electrons. The summed E-state index contributed by atoms with van der Waals surface area (Å²) in [5.74, 6) is 0.145. The number of oxazole rings is 1. The molecule has 2 aliphatic rings. The Kier molecular flexibility index (Phi) is 10.9. The molecule has 3 aromatic carbocycles. The summed E-state index contributed by atoms with van der Waals surface area (Å²) in [7, 11) is 0. The highest BCUT2D eigenvalue weighted by Crippen LogP contribution is 2.45. The number of rotatable bonds is 9. The number of aryl methyl sites for hydroxylation is 1. The van der Waals surface area contributed by atoms with Gasteiger partial charge in [-0.2, -0.15) is 0 Å². The highest BCUT2D eigenvalue weighted by Gasteiger charge is 2.44. The third-order valence-electron chi connectivity index (χ3n) is 9.47. The van der Waals surface area contributed by atoms with E-state index in [9.17, 15) is 14.3 Å². The Morgan fingerprint density at radius 2 is 1.94 bits per heavy atom. The van der Waals surface area contributed by atoms with Crippen LogP contribution in [0.3, 0.4) is 0 Å². The molecular formula is C39H47FN4O4. The van der Waals surface area contributed by atoms with Crippen LogP contribution in [0.25, 0.3) is 11.5 Å². The first-order valence-electron chi connectivity index (χ1n) is 17.4. The number of aliphatic hydroxyl groups is 1. The molecule has 1 saturated carbocycles. The maximum absolute atomic E-state index is 14.9. The largest absolute Gasteiger partial charge is 0.493 e. The minimum absolute atomic E-state index is 0.198. The molecule has 2 atom stereocenters. The number of hydrogen-bond acceptors (Lipinski definition) is 7. The normalized spacial score (nSPS) is 19.2. The number of carbonyl (C=O) groups is 1. The number of amides is 1. The van der Waals surface area contributed by atoms with Crippen molar-refractivity contribution in [1.29, 1.82) is 0 Å². The fourth-order valence-electron chi connectivity index (χ4n) is 6.71. The van der Waals surface area contributed by atoms with Crippen LogP contribution in [0.5, 0.6) is 5.75 Å². The molecule has 1 fully saturated rings. The number of ether oxygens (including phenoxy) is 1. The Balaban J connectivity index is 1.30. The van der Waals surface area contributed by atoms with Crippen LogP contribution in [0.2, 0.25) is 0 Å². The molecule has 4 bridgehead atoms.